The first-order valence-corrected chi connectivity index (χ1v) is 7.70. The van der Waals surface area contributed by atoms with Gasteiger partial charge in [-0.1, -0.05) is 31.8 Å². The van der Waals surface area contributed by atoms with Crippen molar-refractivity contribution in [3.8, 4) is 0 Å². The van der Waals surface area contributed by atoms with Gasteiger partial charge in [0.1, 0.15) is 0 Å². The van der Waals surface area contributed by atoms with Gasteiger partial charge in [0, 0.05) is 19.4 Å². The summed E-state index contributed by atoms with van der Waals surface area (Å²) in [6.45, 7) is 4.34. The fourth-order valence-corrected chi connectivity index (χ4v) is 2.48. The van der Waals surface area contributed by atoms with Gasteiger partial charge in [-0.2, -0.15) is 0 Å². The van der Waals surface area contributed by atoms with Crippen molar-refractivity contribution in [3.05, 3.63) is 12.7 Å². The summed E-state index contributed by atoms with van der Waals surface area (Å²) in [5, 5.41) is 0. The largest absolute Gasteiger partial charge is 0.283 e. The Kier molecular flexibility index (Phi) is 8.19. The van der Waals surface area contributed by atoms with Gasteiger partial charge < -0.3 is 0 Å². The Balaban J connectivity index is 2.12. The highest BCUT2D eigenvalue weighted by molar-refractivity contribution is 5.95. The van der Waals surface area contributed by atoms with E-state index in [1.807, 2.05) is 6.08 Å². The Hall–Kier alpha value is -1.12. The summed E-state index contributed by atoms with van der Waals surface area (Å²) in [6, 6.07) is 0. The Morgan fingerprint density at radius 2 is 1.84 bits per heavy atom. The van der Waals surface area contributed by atoms with Crippen LogP contribution in [0.25, 0.3) is 0 Å². The molecule has 1 aliphatic rings. The number of unbranched alkanes of at least 4 members (excludes halogenated alkanes) is 5. The zero-order valence-corrected chi connectivity index (χ0v) is 12.0. The summed E-state index contributed by atoms with van der Waals surface area (Å²) in [5.41, 5.74) is 0. The minimum atomic E-state index is 0.0356. The van der Waals surface area contributed by atoms with Gasteiger partial charge in [0.15, 0.2) is 0 Å². The first-order chi connectivity index (χ1) is 9.25. The summed E-state index contributed by atoms with van der Waals surface area (Å²) in [4.78, 5) is 25.2. The van der Waals surface area contributed by atoms with Crippen LogP contribution in [0.4, 0.5) is 0 Å². The van der Waals surface area contributed by atoms with Crippen LogP contribution in [0.2, 0.25) is 0 Å². The molecule has 0 aromatic heterocycles. The number of imide groups is 1. The van der Waals surface area contributed by atoms with Gasteiger partial charge in [-0.15, -0.1) is 6.58 Å². The van der Waals surface area contributed by atoms with Crippen molar-refractivity contribution < 1.29 is 9.59 Å². The van der Waals surface area contributed by atoms with Gasteiger partial charge in [0.2, 0.25) is 11.8 Å². The molecule has 0 spiro atoms. The highest BCUT2D eigenvalue weighted by atomic mass is 16.2. The molecular weight excluding hydrogens is 238 g/mol. The average Bonchev–Trinajstić information content (AvgIpc) is 2.62. The van der Waals surface area contributed by atoms with E-state index in [2.05, 4.69) is 6.58 Å². The zero-order valence-electron chi connectivity index (χ0n) is 12.0. The molecule has 1 fully saturated rings. The van der Waals surface area contributed by atoms with Crippen molar-refractivity contribution in [2.75, 3.05) is 6.54 Å². The predicted molar refractivity (Wildman–Crippen MR) is 77.7 cm³/mol. The zero-order chi connectivity index (χ0) is 13.9. The molecule has 0 unspecified atom stereocenters. The third-order valence-electron chi connectivity index (χ3n) is 3.67. The lowest BCUT2D eigenvalue weighted by Crippen LogP contribution is -2.36. The topological polar surface area (TPSA) is 37.4 Å². The number of hydrogen-bond acceptors (Lipinski definition) is 2. The van der Waals surface area contributed by atoms with E-state index in [0.29, 0.717) is 19.4 Å². The van der Waals surface area contributed by atoms with Crippen LogP contribution in [0.15, 0.2) is 12.7 Å². The van der Waals surface area contributed by atoms with Crippen LogP contribution in [-0.4, -0.2) is 23.3 Å². The van der Waals surface area contributed by atoms with Gasteiger partial charge in [-0.3, -0.25) is 14.5 Å². The fourth-order valence-electron chi connectivity index (χ4n) is 2.48. The van der Waals surface area contributed by atoms with Crippen LogP contribution in [0.3, 0.4) is 0 Å². The highest BCUT2D eigenvalue weighted by Crippen LogP contribution is 2.14. The summed E-state index contributed by atoms with van der Waals surface area (Å²) in [5.74, 6) is 0.0754. The minimum absolute atomic E-state index is 0.0356. The molecule has 3 nitrogen and oxygen atoms in total. The molecule has 1 saturated heterocycles. The van der Waals surface area contributed by atoms with E-state index in [0.717, 1.165) is 38.5 Å². The third kappa shape index (κ3) is 6.55. The number of carbonyl (C=O) groups is 2. The van der Waals surface area contributed by atoms with Gasteiger partial charge in [0.05, 0.1) is 0 Å². The van der Waals surface area contributed by atoms with E-state index in [4.69, 9.17) is 0 Å². The molecule has 1 aliphatic heterocycles. The van der Waals surface area contributed by atoms with Crippen molar-refractivity contribution in [2.24, 2.45) is 0 Å². The smallest absolute Gasteiger partial charge is 0.229 e. The van der Waals surface area contributed by atoms with E-state index in [1.165, 1.54) is 24.2 Å². The molecule has 0 bridgehead atoms. The van der Waals surface area contributed by atoms with E-state index in [1.54, 1.807) is 0 Å². The van der Waals surface area contributed by atoms with Gasteiger partial charge in [-0.05, 0) is 32.1 Å². The Morgan fingerprint density at radius 3 is 2.63 bits per heavy atom. The predicted octanol–water partition coefficient (Wildman–Crippen LogP) is 3.83. The minimum Gasteiger partial charge on any atom is -0.283 e. The van der Waals surface area contributed by atoms with Gasteiger partial charge in [-0.25, -0.2) is 0 Å². The quantitative estimate of drug-likeness (QED) is 0.494. The maximum Gasteiger partial charge on any atom is 0.229 e. The van der Waals surface area contributed by atoms with Crippen LogP contribution in [0, 0.1) is 0 Å². The molecule has 108 valence electrons. The summed E-state index contributed by atoms with van der Waals surface area (Å²) < 4.78 is 0. The number of likely N-dealkylation sites (tertiary alicyclic amines) is 1. The van der Waals surface area contributed by atoms with Crippen LogP contribution in [0.1, 0.15) is 70.6 Å². The maximum absolute atomic E-state index is 12.0. The SMILES string of the molecule is C=CCCCCCCCC(=O)N1CCCCCC1=O. The highest BCUT2D eigenvalue weighted by Gasteiger charge is 2.22. The number of nitrogens with zero attached hydrogens (tertiary/aromatic N) is 1. The summed E-state index contributed by atoms with van der Waals surface area (Å²) >= 11 is 0. The molecule has 0 aliphatic carbocycles. The molecule has 1 heterocycles. The standard InChI is InChI=1S/C16H27NO2/c1-2-3-4-5-6-7-9-12-15(18)17-14-11-8-10-13-16(17)19/h2H,1,3-14H2. The number of allylic oxidation sites excluding steroid dienone is 1. The number of amides is 2. The second-order valence-corrected chi connectivity index (χ2v) is 5.34. The molecule has 0 aromatic rings. The molecule has 2 amide bonds. The second kappa shape index (κ2) is 9.76. The van der Waals surface area contributed by atoms with Crippen molar-refractivity contribution in [3.63, 3.8) is 0 Å². The molecule has 0 saturated carbocycles. The molecule has 19 heavy (non-hydrogen) atoms. The van der Waals surface area contributed by atoms with Crippen molar-refractivity contribution in [1.82, 2.24) is 4.90 Å². The van der Waals surface area contributed by atoms with Crippen molar-refractivity contribution in [2.45, 2.75) is 70.6 Å². The first-order valence-electron chi connectivity index (χ1n) is 7.70. The number of rotatable bonds is 8. The fraction of sp³-hybridized carbons (Fsp3) is 0.750. The molecule has 0 atom stereocenters. The van der Waals surface area contributed by atoms with E-state index < -0.39 is 0 Å². The second-order valence-electron chi connectivity index (χ2n) is 5.34. The average molecular weight is 265 g/mol. The molecule has 0 radical (unpaired) electrons. The molecular formula is C16H27NO2. The Bertz CT molecular complexity index is 299. The lowest BCUT2D eigenvalue weighted by atomic mass is 10.1. The molecule has 3 heteroatoms. The Labute approximate surface area is 117 Å². The normalized spacial score (nSPS) is 16.2. The van der Waals surface area contributed by atoms with E-state index in [-0.39, 0.29) is 11.8 Å². The Morgan fingerprint density at radius 1 is 1.11 bits per heavy atom. The van der Waals surface area contributed by atoms with Gasteiger partial charge in [0.25, 0.3) is 0 Å². The summed E-state index contributed by atoms with van der Waals surface area (Å²) in [6.07, 6.45) is 12.7. The summed E-state index contributed by atoms with van der Waals surface area (Å²) in [7, 11) is 0. The van der Waals surface area contributed by atoms with Crippen molar-refractivity contribution in [1.29, 1.82) is 0 Å². The lowest BCUT2D eigenvalue weighted by molar-refractivity contribution is -0.144. The molecule has 0 aromatic carbocycles. The van der Waals surface area contributed by atoms with Crippen LogP contribution < -0.4 is 0 Å². The van der Waals surface area contributed by atoms with E-state index in [9.17, 15) is 9.59 Å². The monoisotopic (exact) mass is 265 g/mol. The third-order valence-corrected chi connectivity index (χ3v) is 3.67. The molecule has 0 N–H and O–H groups in total. The van der Waals surface area contributed by atoms with Crippen LogP contribution in [0.5, 0.6) is 0 Å². The molecule has 1 rings (SSSR count). The van der Waals surface area contributed by atoms with Crippen molar-refractivity contribution >= 4 is 11.8 Å². The lowest BCUT2D eigenvalue weighted by Gasteiger charge is -2.18. The number of carbonyl (C=O) groups excluding carboxylic acids is 2. The van der Waals surface area contributed by atoms with Crippen LogP contribution >= 0.6 is 0 Å². The van der Waals surface area contributed by atoms with Gasteiger partial charge >= 0.3 is 0 Å². The van der Waals surface area contributed by atoms with E-state index >= 15 is 0 Å². The van der Waals surface area contributed by atoms with Crippen LogP contribution in [-0.2, 0) is 9.59 Å². The number of hydrogen-bond donors (Lipinski definition) is 0. The maximum atomic E-state index is 12.0. The first kappa shape index (κ1) is 15.9.